The van der Waals surface area contributed by atoms with Gasteiger partial charge in [0.2, 0.25) is 0 Å². The first-order chi connectivity index (χ1) is 14.7. The van der Waals surface area contributed by atoms with E-state index in [1.54, 1.807) is 0 Å². The lowest BCUT2D eigenvalue weighted by atomic mass is 9.93. The molecule has 1 N–H and O–H groups in total. The van der Waals surface area contributed by atoms with E-state index in [9.17, 15) is 30.1 Å². The van der Waals surface area contributed by atoms with Gasteiger partial charge in [-0.1, -0.05) is 0 Å². The van der Waals surface area contributed by atoms with Gasteiger partial charge in [-0.2, -0.15) is 0 Å². The molecular formula is C19H16N2O10. The van der Waals surface area contributed by atoms with Gasteiger partial charge in [0, 0.05) is 16.8 Å². The number of methoxy groups -OCH3 is 4. The maximum atomic E-state index is 12.0. The number of carbonyl (C=O) groups is 1. The van der Waals surface area contributed by atoms with E-state index in [1.807, 2.05) is 0 Å². The molecule has 0 aromatic heterocycles. The van der Waals surface area contributed by atoms with E-state index in [-0.39, 0.29) is 44.5 Å². The van der Waals surface area contributed by atoms with Gasteiger partial charge in [-0.15, -0.1) is 0 Å². The summed E-state index contributed by atoms with van der Waals surface area (Å²) in [5.74, 6) is -1.59. The van der Waals surface area contributed by atoms with Gasteiger partial charge in [-0.25, -0.2) is 4.79 Å². The summed E-state index contributed by atoms with van der Waals surface area (Å²) in [6.45, 7) is 0. The van der Waals surface area contributed by atoms with Crippen molar-refractivity contribution in [3.8, 4) is 23.0 Å². The number of carboxylic acid groups (broad SMARTS) is 1. The lowest BCUT2D eigenvalue weighted by Gasteiger charge is -2.18. The number of benzene rings is 3. The SMILES string of the molecule is COc1cc([N+](=O)[O-])c2cc([N+](=O)[O-])c3c(C(=O)O)cc(OC)c(OC)c3c2c1OC. The second kappa shape index (κ2) is 7.82. The van der Waals surface area contributed by atoms with Crippen molar-refractivity contribution < 1.29 is 38.7 Å². The quantitative estimate of drug-likeness (QED) is 0.332. The van der Waals surface area contributed by atoms with Gasteiger partial charge in [-0.3, -0.25) is 20.2 Å². The Balaban J connectivity index is 2.87. The number of hydrogen-bond donors (Lipinski definition) is 1. The fourth-order valence-electron chi connectivity index (χ4n) is 3.56. The zero-order valence-corrected chi connectivity index (χ0v) is 16.7. The van der Waals surface area contributed by atoms with Gasteiger partial charge in [-0.05, 0) is 6.07 Å². The number of hydrogen-bond acceptors (Lipinski definition) is 9. The van der Waals surface area contributed by atoms with E-state index in [2.05, 4.69) is 0 Å². The summed E-state index contributed by atoms with van der Waals surface area (Å²) in [6, 6.07) is 3.10. The van der Waals surface area contributed by atoms with Crippen molar-refractivity contribution in [3.63, 3.8) is 0 Å². The summed E-state index contributed by atoms with van der Waals surface area (Å²) in [4.78, 5) is 34.0. The van der Waals surface area contributed by atoms with Crippen LogP contribution >= 0.6 is 0 Å². The van der Waals surface area contributed by atoms with Crippen LogP contribution < -0.4 is 18.9 Å². The minimum absolute atomic E-state index is 0.00545. The molecule has 12 heteroatoms. The Bertz CT molecular complexity index is 1270. The molecule has 0 saturated heterocycles. The minimum Gasteiger partial charge on any atom is -0.493 e. The molecule has 0 atom stereocenters. The first-order valence-electron chi connectivity index (χ1n) is 8.54. The fourth-order valence-corrected chi connectivity index (χ4v) is 3.56. The van der Waals surface area contributed by atoms with Crippen molar-refractivity contribution in [2.75, 3.05) is 28.4 Å². The number of carboxylic acids is 1. The van der Waals surface area contributed by atoms with Gasteiger partial charge < -0.3 is 24.1 Å². The second-order valence-electron chi connectivity index (χ2n) is 6.18. The van der Waals surface area contributed by atoms with Crippen LogP contribution in [-0.2, 0) is 0 Å². The molecule has 3 aromatic carbocycles. The topological polar surface area (TPSA) is 160 Å². The highest BCUT2D eigenvalue weighted by Crippen LogP contribution is 2.52. The molecule has 12 nitrogen and oxygen atoms in total. The van der Waals surface area contributed by atoms with Gasteiger partial charge >= 0.3 is 5.97 Å². The Kier molecular flexibility index (Phi) is 5.39. The van der Waals surface area contributed by atoms with Crippen LogP contribution in [0.3, 0.4) is 0 Å². The normalized spacial score (nSPS) is 10.7. The van der Waals surface area contributed by atoms with E-state index < -0.39 is 32.8 Å². The summed E-state index contributed by atoms with van der Waals surface area (Å²) in [7, 11) is 5.06. The molecule has 0 heterocycles. The zero-order valence-electron chi connectivity index (χ0n) is 16.7. The van der Waals surface area contributed by atoms with Crippen molar-refractivity contribution in [2.24, 2.45) is 0 Å². The highest BCUT2D eigenvalue weighted by Gasteiger charge is 2.32. The third-order valence-corrected chi connectivity index (χ3v) is 4.77. The minimum atomic E-state index is -1.47. The average molecular weight is 432 g/mol. The molecule has 0 aliphatic rings. The standard InChI is InChI=1S/C19H16N2O10/c1-28-12-6-9(19(22)23)14-11(21(26)27)5-8-10(20(24)25)7-13(29-2)17(30-3)15(8)16(14)18(12)31-4/h5-7H,1-4H3,(H,22,23). The predicted molar refractivity (Wildman–Crippen MR) is 108 cm³/mol. The van der Waals surface area contributed by atoms with E-state index in [0.29, 0.717) is 0 Å². The van der Waals surface area contributed by atoms with Gasteiger partial charge in [0.25, 0.3) is 11.4 Å². The number of ether oxygens (including phenoxy) is 4. The van der Waals surface area contributed by atoms with Gasteiger partial charge in [0.1, 0.15) is 0 Å². The molecule has 3 rings (SSSR count). The number of nitro benzene ring substituents is 2. The summed E-state index contributed by atoms with van der Waals surface area (Å²) in [6.07, 6.45) is 0. The van der Waals surface area contributed by atoms with Crippen LogP contribution in [0.25, 0.3) is 21.5 Å². The molecule has 0 aliphatic carbocycles. The van der Waals surface area contributed by atoms with Gasteiger partial charge in [0.15, 0.2) is 23.0 Å². The van der Waals surface area contributed by atoms with Crippen molar-refractivity contribution in [1.29, 1.82) is 0 Å². The van der Waals surface area contributed by atoms with E-state index in [0.717, 1.165) is 18.2 Å². The predicted octanol–water partition coefficient (Wildman–Crippen LogP) is 3.54. The second-order valence-corrected chi connectivity index (χ2v) is 6.18. The summed E-state index contributed by atoms with van der Waals surface area (Å²) in [5, 5.41) is 32.8. The first kappa shape index (κ1) is 21.4. The Labute approximate surface area is 173 Å². The number of rotatable bonds is 7. The average Bonchev–Trinajstić information content (AvgIpc) is 2.75. The van der Waals surface area contributed by atoms with Gasteiger partial charge in [0.05, 0.1) is 60.7 Å². The van der Waals surface area contributed by atoms with Crippen LogP contribution in [0.15, 0.2) is 18.2 Å². The van der Waals surface area contributed by atoms with Crippen molar-refractivity contribution in [1.82, 2.24) is 0 Å². The Hall–Kier alpha value is -4.35. The maximum absolute atomic E-state index is 12.0. The van der Waals surface area contributed by atoms with E-state index in [1.165, 1.54) is 28.4 Å². The van der Waals surface area contributed by atoms with Crippen LogP contribution in [0.1, 0.15) is 10.4 Å². The smallest absolute Gasteiger partial charge is 0.336 e. The number of nitro groups is 2. The molecule has 162 valence electrons. The molecule has 0 bridgehead atoms. The maximum Gasteiger partial charge on any atom is 0.336 e. The van der Waals surface area contributed by atoms with Crippen LogP contribution in [0.4, 0.5) is 11.4 Å². The number of non-ortho nitro benzene ring substituents is 2. The molecule has 31 heavy (non-hydrogen) atoms. The summed E-state index contributed by atoms with van der Waals surface area (Å²) >= 11 is 0. The van der Waals surface area contributed by atoms with Crippen LogP contribution in [0, 0.1) is 20.2 Å². The molecule has 0 spiro atoms. The molecule has 0 saturated carbocycles. The highest BCUT2D eigenvalue weighted by molar-refractivity contribution is 6.24. The van der Waals surface area contributed by atoms with Crippen molar-refractivity contribution in [2.45, 2.75) is 0 Å². The monoisotopic (exact) mass is 432 g/mol. The zero-order chi connectivity index (χ0) is 23.0. The summed E-state index contributed by atoms with van der Waals surface area (Å²) < 4.78 is 21.2. The number of fused-ring (bicyclic) bond motifs is 3. The highest BCUT2D eigenvalue weighted by atomic mass is 16.6. The molecule has 3 aromatic rings. The van der Waals surface area contributed by atoms with Crippen molar-refractivity contribution in [3.05, 3.63) is 44.0 Å². The molecular weight excluding hydrogens is 416 g/mol. The molecule has 0 fully saturated rings. The molecule has 0 amide bonds. The fraction of sp³-hybridized carbons (Fsp3) is 0.211. The van der Waals surface area contributed by atoms with E-state index >= 15 is 0 Å². The molecule has 0 radical (unpaired) electrons. The molecule has 0 aliphatic heterocycles. The van der Waals surface area contributed by atoms with Crippen molar-refractivity contribution >= 4 is 38.9 Å². The van der Waals surface area contributed by atoms with Crippen LogP contribution in [0.5, 0.6) is 23.0 Å². The first-order valence-corrected chi connectivity index (χ1v) is 8.54. The number of nitrogens with zero attached hydrogens (tertiary/aromatic N) is 2. The lowest BCUT2D eigenvalue weighted by molar-refractivity contribution is -0.384. The molecule has 0 unspecified atom stereocenters. The van der Waals surface area contributed by atoms with E-state index in [4.69, 9.17) is 18.9 Å². The number of aromatic carboxylic acids is 1. The summed E-state index contributed by atoms with van der Waals surface area (Å²) in [5.41, 5.74) is -1.61. The Morgan fingerprint density at radius 2 is 1.29 bits per heavy atom. The largest absolute Gasteiger partial charge is 0.493 e. The Morgan fingerprint density at radius 3 is 1.74 bits per heavy atom. The Morgan fingerprint density at radius 1 is 0.774 bits per heavy atom. The van der Waals surface area contributed by atoms with Crippen LogP contribution in [0.2, 0.25) is 0 Å². The lowest BCUT2D eigenvalue weighted by Crippen LogP contribution is -2.05. The third-order valence-electron chi connectivity index (χ3n) is 4.77. The third kappa shape index (κ3) is 3.13. The van der Waals surface area contributed by atoms with Crippen LogP contribution in [-0.4, -0.2) is 49.4 Å².